The van der Waals surface area contributed by atoms with Gasteiger partial charge in [-0.05, 0) is 32.9 Å². The average molecular weight is 170 g/mol. The van der Waals surface area contributed by atoms with Crippen LogP contribution in [0.2, 0.25) is 0 Å². The third-order valence-electron chi connectivity index (χ3n) is 1.65. The number of nitrogens with two attached hydrogens (primary N) is 1. The number of allylic oxidation sites excluding steroid dienone is 1. The molecule has 0 saturated heterocycles. The van der Waals surface area contributed by atoms with Gasteiger partial charge >= 0.3 is 0 Å². The zero-order valence-electron chi connectivity index (χ0n) is 7.89. The number of carbonyl (C=O) groups excluding carboxylic acids is 1. The standard InChI is InChI=1S/C9H18N2O/c1-3-11-7-5-4-6-8(2)9(10)12/h6,11H,3-5,7H2,1-2H3,(H2,10,12)/b8-6+. The monoisotopic (exact) mass is 170 g/mol. The molecule has 0 rings (SSSR count). The van der Waals surface area contributed by atoms with Crippen molar-refractivity contribution in [1.82, 2.24) is 5.32 Å². The van der Waals surface area contributed by atoms with Crippen LogP contribution in [-0.4, -0.2) is 19.0 Å². The van der Waals surface area contributed by atoms with E-state index in [1.807, 2.05) is 6.08 Å². The summed E-state index contributed by atoms with van der Waals surface area (Å²) in [6.07, 6.45) is 3.86. The van der Waals surface area contributed by atoms with Crippen LogP contribution >= 0.6 is 0 Å². The predicted octanol–water partition coefficient (Wildman–Crippen LogP) is 0.808. The molecule has 0 heterocycles. The number of rotatable bonds is 6. The Morgan fingerprint density at radius 1 is 1.58 bits per heavy atom. The first kappa shape index (κ1) is 11.2. The fraction of sp³-hybridized carbons (Fsp3) is 0.667. The van der Waals surface area contributed by atoms with Crippen molar-refractivity contribution in [3.8, 4) is 0 Å². The van der Waals surface area contributed by atoms with Gasteiger partial charge in [0.1, 0.15) is 0 Å². The molecule has 0 aromatic rings. The van der Waals surface area contributed by atoms with Crippen molar-refractivity contribution in [2.45, 2.75) is 26.7 Å². The molecule has 0 aliphatic carbocycles. The van der Waals surface area contributed by atoms with E-state index in [-0.39, 0.29) is 5.91 Å². The van der Waals surface area contributed by atoms with E-state index in [0.29, 0.717) is 5.57 Å². The van der Waals surface area contributed by atoms with E-state index in [0.717, 1.165) is 25.9 Å². The molecule has 0 aromatic carbocycles. The van der Waals surface area contributed by atoms with Gasteiger partial charge in [-0.1, -0.05) is 13.0 Å². The van der Waals surface area contributed by atoms with E-state index in [9.17, 15) is 4.79 Å². The van der Waals surface area contributed by atoms with Gasteiger partial charge in [-0.25, -0.2) is 0 Å². The van der Waals surface area contributed by atoms with Gasteiger partial charge in [0.25, 0.3) is 0 Å². The van der Waals surface area contributed by atoms with Crippen molar-refractivity contribution in [1.29, 1.82) is 0 Å². The summed E-state index contributed by atoms with van der Waals surface area (Å²) in [7, 11) is 0. The van der Waals surface area contributed by atoms with Gasteiger partial charge in [-0.2, -0.15) is 0 Å². The summed E-state index contributed by atoms with van der Waals surface area (Å²) >= 11 is 0. The zero-order valence-corrected chi connectivity index (χ0v) is 7.89. The van der Waals surface area contributed by atoms with Crippen LogP contribution in [-0.2, 0) is 4.79 Å². The van der Waals surface area contributed by atoms with Crippen molar-refractivity contribution < 1.29 is 4.79 Å². The summed E-state index contributed by atoms with van der Waals surface area (Å²) in [5.74, 6) is -0.321. The minimum atomic E-state index is -0.321. The molecule has 0 aromatic heterocycles. The van der Waals surface area contributed by atoms with Crippen molar-refractivity contribution in [3.63, 3.8) is 0 Å². The molecule has 0 bridgehead atoms. The molecular formula is C9H18N2O. The summed E-state index contributed by atoms with van der Waals surface area (Å²) in [6.45, 7) is 5.82. The van der Waals surface area contributed by atoms with E-state index >= 15 is 0 Å². The molecule has 0 unspecified atom stereocenters. The number of nitrogens with one attached hydrogen (secondary N) is 1. The van der Waals surface area contributed by atoms with Crippen LogP contribution < -0.4 is 11.1 Å². The van der Waals surface area contributed by atoms with E-state index in [1.54, 1.807) is 6.92 Å². The third kappa shape index (κ3) is 5.92. The van der Waals surface area contributed by atoms with Crippen molar-refractivity contribution in [2.24, 2.45) is 5.73 Å². The molecule has 0 saturated carbocycles. The van der Waals surface area contributed by atoms with E-state index in [2.05, 4.69) is 12.2 Å². The molecule has 3 nitrogen and oxygen atoms in total. The number of primary amides is 1. The lowest BCUT2D eigenvalue weighted by molar-refractivity contribution is -0.114. The van der Waals surface area contributed by atoms with Gasteiger partial charge in [0.05, 0.1) is 0 Å². The van der Waals surface area contributed by atoms with Crippen LogP contribution in [0.1, 0.15) is 26.7 Å². The minimum Gasteiger partial charge on any atom is -0.366 e. The molecule has 0 aliphatic rings. The SMILES string of the molecule is CCNCCC/C=C(\C)C(N)=O. The summed E-state index contributed by atoms with van der Waals surface area (Å²) in [5.41, 5.74) is 5.71. The molecule has 70 valence electrons. The quantitative estimate of drug-likeness (QED) is 0.458. The molecule has 0 atom stereocenters. The smallest absolute Gasteiger partial charge is 0.244 e. The molecule has 0 radical (unpaired) electrons. The number of carbonyl (C=O) groups is 1. The Hall–Kier alpha value is -0.830. The number of unbranched alkanes of at least 4 members (excludes halogenated alkanes) is 1. The van der Waals surface area contributed by atoms with Gasteiger partial charge in [0.2, 0.25) is 5.91 Å². The Morgan fingerprint density at radius 2 is 2.25 bits per heavy atom. The van der Waals surface area contributed by atoms with Gasteiger partial charge in [0.15, 0.2) is 0 Å². The first-order valence-electron chi connectivity index (χ1n) is 4.35. The largest absolute Gasteiger partial charge is 0.366 e. The first-order valence-corrected chi connectivity index (χ1v) is 4.35. The second kappa shape index (κ2) is 6.85. The van der Waals surface area contributed by atoms with Gasteiger partial charge in [-0.15, -0.1) is 0 Å². The minimum absolute atomic E-state index is 0.321. The predicted molar refractivity (Wildman–Crippen MR) is 50.7 cm³/mol. The third-order valence-corrected chi connectivity index (χ3v) is 1.65. The molecule has 3 heteroatoms. The van der Waals surface area contributed by atoms with E-state index in [1.165, 1.54) is 0 Å². The lowest BCUT2D eigenvalue weighted by Crippen LogP contribution is -2.14. The van der Waals surface area contributed by atoms with Crippen LogP contribution in [0.15, 0.2) is 11.6 Å². The highest BCUT2D eigenvalue weighted by molar-refractivity contribution is 5.91. The van der Waals surface area contributed by atoms with Crippen LogP contribution in [0.5, 0.6) is 0 Å². The maximum absolute atomic E-state index is 10.6. The number of hydrogen-bond acceptors (Lipinski definition) is 2. The molecule has 1 amide bonds. The van der Waals surface area contributed by atoms with Crippen LogP contribution in [0.4, 0.5) is 0 Å². The van der Waals surface area contributed by atoms with Gasteiger partial charge in [-0.3, -0.25) is 4.79 Å². The lowest BCUT2D eigenvalue weighted by atomic mass is 10.2. The molecule has 0 aliphatic heterocycles. The van der Waals surface area contributed by atoms with Crippen molar-refractivity contribution in [3.05, 3.63) is 11.6 Å². The molecule has 0 fully saturated rings. The molecule has 0 spiro atoms. The highest BCUT2D eigenvalue weighted by Gasteiger charge is 1.94. The summed E-state index contributed by atoms with van der Waals surface area (Å²) < 4.78 is 0. The Balaban J connectivity index is 3.40. The highest BCUT2D eigenvalue weighted by atomic mass is 16.1. The fourth-order valence-corrected chi connectivity index (χ4v) is 0.823. The first-order chi connectivity index (χ1) is 5.68. The van der Waals surface area contributed by atoms with Gasteiger partial charge < -0.3 is 11.1 Å². The van der Waals surface area contributed by atoms with Crippen molar-refractivity contribution in [2.75, 3.05) is 13.1 Å². The zero-order chi connectivity index (χ0) is 9.40. The van der Waals surface area contributed by atoms with E-state index in [4.69, 9.17) is 5.73 Å². The molecule has 12 heavy (non-hydrogen) atoms. The van der Waals surface area contributed by atoms with E-state index < -0.39 is 0 Å². The number of amides is 1. The maximum atomic E-state index is 10.6. The lowest BCUT2D eigenvalue weighted by Gasteiger charge is -1.98. The topological polar surface area (TPSA) is 55.1 Å². The highest BCUT2D eigenvalue weighted by Crippen LogP contribution is 1.96. The van der Waals surface area contributed by atoms with Gasteiger partial charge in [0, 0.05) is 5.57 Å². The Kier molecular flexibility index (Phi) is 6.38. The normalized spacial score (nSPS) is 11.7. The second-order valence-corrected chi connectivity index (χ2v) is 2.75. The molecule has 3 N–H and O–H groups in total. The Labute approximate surface area is 74.0 Å². The fourth-order valence-electron chi connectivity index (χ4n) is 0.823. The van der Waals surface area contributed by atoms with Crippen LogP contribution in [0.3, 0.4) is 0 Å². The Morgan fingerprint density at radius 3 is 2.75 bits per heavy atom. The summed E-state index contributed by atoms with van der Waals surface area (Å²) in [5, 5.41) is 3.21. The second-order valence-electron chi connectivity index (χ2n) is 2.75. The van der Waals surface area contributed by atoms with Crippen LogP contribution in [0.25, 0.3) is 0 Å². The Bertz CT molecular complexity index is 164. The average Bonchev–Trinajstić information content (AvgIpc) is 2.03. The summed E-state index contributed by atoms with van der Waals surface area (Å²) in [6, 6.07) is 0. The van der Waals surface area contributed by atoms with Crippen molar-refractivity contribution >= 4 is 5.91 Å². The molecular weight excluding hydrogens is 152 g/mol. The van der Waals surface area contributed by atoms with Crippen LogP contribution in [0, 0.1) is 0 Å². The number of hydrogen-bond donors (Lipinski definition) is 2. The summed E-state index contributed by atoms with van der Waals surface area (Å²) in [4.78, 5) is 10.6. The maximum Gasteiger partial charge on any atom is 0.244 e.